The van der Waals surface area contributed by atoms with Gasteiger partial charge in [0.05, 0.1) is 18.5 Å². The Labute approximate surface area is 114 Å². The lowest BCUT2D eigenvalue weighted by molar-refractivity contribution is 0.276. The van der Waals surface area contributed by atoms with Crippen molar-refractivity contribution < 1.29 is 5.11 Å². The molecule has 0 spiro atoms. The number of aromatic nitrogens is 3. The van der Waals surface area contributed by atoms with Crippen molar-refractivity contribution in [2.75, 3.05) is 0 Å². The molecule has 0 saturated heterocycles. The van der Waals surface area contributed by atoms with Gasteiger partial charge in [-0.05, 0) is 30.5 Å². The summed E-state index contributed by atoms with van der Waals surface area (Å²) < 4.78 is 1.69. The van der Waals surface area contributed by atoms with Crippen LogP contribution in [0.15, 0.2) is 30.5 Å². The minimum Gasteiger partial charge on any atom is -0.390 e. The average molecular weight is 259 g/mol. The summed E-state index contributed by atoms with van der Waals surface area (Å²) in [5.41, 5.74) is 2.93. The summed E-state index contributed by atoms with van der Waals surface area (Å²) in [5.74, 6) is 0. The van der Waals surface area contributed by atoms with Crippen molar-refractivity contribution in [1.82, 2.24) is 15.0 Å². The summed E-state index contributed by atoms with van der Waals surface area (Å²) in [4.78, 5) is 0. The second-order valence-electron chi connectivity index (χ2n) is 4.79. The Kier molecular flexibility index (Phi) is 5.10. The third-order valence-electron chi connectivity index (χ3n) is 3.22. The molecule has 1 aromatic heterocycles. The van der Waals surface area contributed by atoms with Crippen LogP contribution in [0, 0.1) is 0 Å². The highest BCUT2D eigenvalue weighted by atomic mass is 16.3. The van der Waals surface area contributed by atoms with Crippen LogP contribution in [0.25, 0.3) is 5.69 Å². The lowest BCUT2D eigenvalue weighted by atomic mass is 10.1. The Morgan fingerprint density at radius 2 is 1.89 bits per heavy atom. The van der Waals surface area contributed by atoms with Crippen molar-refractivity contribution in [3.8, 4) is 5.69 Å². The molecule has 1 heterocycles. The number of rotatable bonds is 7. The van der Waals surface area contributed by atoms with E-state index in [-0.39, 0.29) is 6.61 Å². The van der Waals surface area contributed by atoms with E-state index in [0.717, 1.165) is 12.1 Å². The van der Waals surface area contributed by atoms with E-state index in [4.69, 9.17) is 5.11 Å². The molecular weight excluding hydrogens is 238 g/mol. The van der Waals surface area contributed by atoms with Gasteiger partial charge in [-0.2, -0.15) is 0 Å². The summed E-state index contributed by atoms with van der Waals surface area (Å²) >= 11 is 0. The lowest BCUT2D eigenvalue weighted by Crippen LogP contribution is -1.95. The standard InChI is InChI=1S/C15H21N3O/c1-2-3-4-5-6-13-7-9-15(10-8-13)18-11-14(12-19)16-17-18/h7-11,19H,2-6,12H2,1H3. The number of hydrogen-bond acceptors (Lipinski definition) is 3. The van der Waals surface area contributed by atoms with Crippen molar-refractivity contribution in [2.24, 2.45) is 0 Å². The molecule has 0 saturated carbocycles. The second kappa shape index (κ2) is 7.04. The number of nitrogens with zero attached hydrogens (tertiary/aromatic N) is 3. The topological polar surface area (TPSA) is 50.9 Å². The van der Waals surface area contributed by atoms with Crippen LogP contribution >= 0.6 is 0 Å². The van der Waals surface area contributed by atoms with E-state index >= 15 is 0 Å². The minimum absolute atomic E-state index is 0.0739. The second-order valence-corrected chi connectivity index (χ2v) is 4.79. The Morgan fingerprint density at radius 1 is 1.11 bits per heavy atom. The smallest absolute Gasteiger partial charge is 0.109 e. The molecular formula is C15H21N3O. The van der Waals surface area contributed by atoms with Gasteiger partial charge in [0.1, 0.15) is 5.69 Å². The molecule has 102 valence electrons. The summed E-state index contributed by atoms with van der Waals surface area (Å²) in [6, 6.07) is 8.37. The quantitative estimate of drug-likeness (QED) is 0.778. The van der Waals surface area contributed by atoms with Gasteiger partial charge < -0.3 is 5.11 Å². The minimum atomic E-state index is -0.0739. The zero-order valence-corrected chi connectivity index (χ0v) is 11.4. The summed E-state index contributed by atoms with van der Waals surface area (Å²) in [6.45, 7) is 2.16. The third kappa shape index (κ3) is 3.89. The largest absolute Gasteiger partial charge is 0.390 e. The van der Waals surface area contributed by atoms with E-state index in [0.29, 0.717) is 5.69 Å². The van der Waals surface area contributed by atoms with Gasteiger partial charge in [-0.1, -0.05) is 43.5 Å². The number of aliphatic hydroxyl groups excluding tert-OH is 1. The first-order valence-electron chi connectivity index (χ1n) is 6.95. The number of unbranched alkanes of at least 4 members (excludes halogenated alkanes) is 3. The van der Waals surface area contributed by atoms with Crippen molar-refractivity contribution in [2.45, 2.75) is 45.6 Å². The van der Waals surface area contributed by atoms with Crippen LogP contribution in [-0.2, 0) is 13.0 Å². The van der Waals surface area contributed by atoms with E-state index in [1.165, 1.54) is 31.2 Å². The van der Waals surface area contributed by atoms with E-state index in [1.807, 2.05) is 12.1 Å². The maximum absolute atomic E-state index is 8.97. The van der Waals surface area contributed by atoms with Crippen molar-refractivity contribution in [3.05, 3.63) is 41.7 Å². The fraction of sp³-hybridized carbons (Fsp3) is 0.467. The fourth-order valence-corrected chi connectivity index (χ4v) is 2.07. The number of aliphatic hydroxyl groups is 1. The molecule has 0 amide bonds. The molecule has 0 bridgehead atoms. The number of aryl methyl sites for hydroxylation is 1. The monoisotopic (exact) mass is 259 g/mol. The highest BCUT2D eigenvalue weighted by Crippen LogP contribution is 2.12. The highest BCUT2D eigenvalue weighted by Gasteiger charge is 2.01. The highest BCUT2D eigenvalue weighted by molar-refractivity contribution is 5.33. The Hall–Kier alpha value is -1.68. The van der Waals surface area contributed by atoms with Gasteiger partial charge in [0.15, 0.2) is 0 Å². The molecule has 0 aliphatic carbocycles. The molecule has 0 aliphatic heterocycles. The van der Waals surface area contributed by atoms with Crippen LogP contribution in [0.4, 0.5) is 0 Å². The van der Waals surface area contributed by atoms with Gasteiger partial charge >= 0.3 is 0 Å². The van der Waals surface area contributed by atoms with Crippen molar-refractivity contribution in [1.29, 1.82) is 0 Å². The SMILES string of the molecule is CCCCCCc1ccc(-n2cc(CO)nn2)cc1. The van der Waals surface area contributed by atoms with Crippen LogP contribution in [0.1, 0.15) is 43.9 Å². The van der Waals surface area contributed by atoms with Crippen molar-refractivity contribution in [3.63, 3.8) is 0 Å². The summed E-state index contributed by atoms with van der Waals surface area (Å²) in [7, 11) is 0. The van der Waals surface area contributed by atoms with Gasteiger partial charge in [0.25, 0.3) is 0 Å². The summed E-state index contributed by atoms with van der Waals surface area (Å²) in [6.07, 6.45) is 8.04. The fourth-order valence-electron chi connectivity index (χ4n) is 2.07. The zero-order chi connectivity index (χ0) is 13.5. The Balaban J connectivity index is 1.94. The molecule has 4 heteroatoms. The molecule has 0 unspecified atom stereocenters. The van der Waals surface area contributed by atoms with Crippen LogP contribution in [-0.4, -0.2) is 20.1 Å². The average Bonchev–Trinajstić information content (AvgIpc) is 2.93. The first kappa shape index (κ1) is 13.7. The predicted octanol–water partition coefficient (Wildman–Crippen LogP) is 2.88. The Bertz CT molecular complexity index is 490. The molecule has 19 heavy (non-hydrogen) atoms. The molecule has 0 radical (unpaired) electrons. The maximum Gasteiger partial charge on any atom is 0.109 e. The first-order chi connectivity index (χ1) is 9.33. The van der Waals surface area contributed by atoms with Crippen LogP contribution in [0.5, 0.6) is 0 Å². The van der Waals surface area contributed by atoms with Crippen LogP contribution < -0.4 is 0 Å². The number of benzene rings is 1. The van der Waals surface area contributed by atoms with Gasteiger partial charge in [-0.3, -0.25) is 0 Å². The number of hydrogen-bond donors (Lipinski definition) is 1. The van der Waals surface area contributed by atoms with Crippen LogP contribution in [0.3, 0.4) is 0 Å². The first-order valence-corrected chi connectivity index (χ1v) is 6.95. The van der Waals surface area contributed by atoms with E-state index in [9.17, 15) is 0 Å². The maximum atomic E-state index is 8.97. The van der Waals surface area contributed by atoms with Gasteiger partial charge in [0, 0.05) is 0 Å². The van der Waals surface area contributed by atoms with Crippen LogP contribution in [0.2, 0.25) is 0 Å². The molecule has 1 N–H and O–H groups in total. The van der Waals surface area contributed by atoms with E-state index < -0.39 is 0 Å². The van der Waals surface area contributed by atoms with E-state index in [1.54, 1.807) is 10.9 Å². The third-order valence-corrected chi connectivity index (χ3v) is 3.22. The van der Waals surface area contributed by atoms with Gasteiger partial charge in [-0.15, -0.1) is 5.10 Å². The molecule has 0 fully saturated rings. The normalized spacial score (nSPS) is 10.8. The van der Waals surface area contributed by atoms with Gasteiger partial charge in [-0.25, -0.2) is 4.68 Å². The Morgan fingerprint density at radius 3 is 2.53 bits per heavy atom. The van der Waals surface area contributed by atoms with Gasteiger partial charge in [0.2, 0.25) is 0 Å². The molecule has 2 aromatic rings. The lowest BCUT2D eigenvalue weighted by Gasteiger charge is -2.03. The van der Waals surface area contributed by atoms with E-state index in [2.05, 4.69) is 29.4 Å². The molecule has 0 aliphatic rings. The zero-order valence-electron chi connectivity index (χ0n) is 11.4. The van der Waals surface area contributed by atoms with Crippen molar-refractivity contribution >= 4 is 0 Å². The summed E-state index contributed by atoms with van der Waals surface area (Å²) in [5, 5.41) is 16.8. The molecule has 4 nitrogen and oxygen atoms in total. The molecule has 2 rings (SSSR count). The molecule has 1 aromatic carbocycles. The predicted molar refractivity (Wildman–Crippen MR) is 75.1 cm³/mol. The molecule has 0 atom stereocenters.